The van der Waals surface area contributed by atoms with E-state index in [1.165, 1.54) is 0 Å². The first-order valence-corrected chi connectivity index (χ1v) is 7.86. The number of nitrogens with one attached hydrogen (secondary N) is 1. The minimum atomic E-state index is 0.0605. The van der Waals surface area contributed by atoms with Gasteiger partial charge in [-0.05, 0) is 38.1 Å². The highest BCUT2D eigenvalue weighted by molar-refractivity contribution is 9.10. The highest BCUT2D eigenvalue weighted by Gasteiger charge is 2.20. The number of carbonyl (C=O) groups excluding carboxylic acids is 1. The average Bonchev–Trinajstić information content (AvgIpc) is 2.42. The lowest BCUT2D eigenvalue weighted by Gasteiger charge is -2.36. The first-order valence-electron chi connectivity index (χ1n) is 7.06. The normalized spacial score (nSPS) is 17.4. The van der Waals surface area contributed by atoms with Crippen molar-refractivity contribution >= 4 is 27.5 Å². The van der Waals surface area contributed by atoms with Gasteiger partial charge in [-0.3, -0.25) is 14.6 Å². The van der Waals surface area contributed by atoms with Crippen LogP contribution in [0.25, 0.3) is 0 Å². The van der Waals surface area contributed by atoms with Crippen LogP contribution in [-0.2, 0) is 4.79 Å². The second kappa shape index (κ2) is 7.20. The van der Waals surface area contributed by atoms with Crippen LogP contribution in [0.1, 0.15) is 13.8 Å². The number of benzene rings is 1. The number of anilines is 1. The third-order valence-electron chi connectivity index (χ3n) is 3.63. The highest BCUT2D eigenvalue weighted by atomic mass is 79.9. The van der Waals surface area contributed by atoms with Gasteiger partial charge in [0.1, 0.15) is 0 Å². The summed E-state index contributed by atoms with van der Waals surface area (Å²) in [6, 6.07) is 8.25. The first kappa shape index (κ1) is 15.5. The Morgan fingerprint density at radius 1 is 1.20 bits per heavy atom. The van der Waals surface area contributed by atoms with Crippen LogP contribution in [0.4, 0.5) is 5.69 Å². The van der Waals surface area contributed by atoms with Gasteiger partial charge in [-0.15, -0.1) is 0 Å². The van der Waals surface area contributed by atoms with Gasteiger partial charge in [-0.25, -0.2) is 0 Å². The predicted molar refractivity (Wildman–Crippen MR) is 85.9 cm³/mol. The zero-order valence-electron chi connectivity index (χ0n) is 12.1. The Balaban J connectivity index is 1.77. The summed E-state index contributed by atoms with van der Waals surface area (Å²) >= 11 is 3.38. The largest absolute Gasteiger partial charge is 0.325 e. The van der Waals surface area contributed by atoms with Gasteiger partial charge in [0.25, 0.3) is 0 Å². The summed E-state index contributed by atoms with van der Waals surface area (Å²) in [6.45, 7) is 8.93. The van der Waals surface area contributed by atoms with Crippen molar-refractivity contribution in [1.29, 1.82) is 0 Å². The van der Waals surface area contributed by atoms with E-state index in [9.17, 15) is 4.79 Å². The highest BCUT2D eigenvalue weighted by Crippen LogP contribution is 2.14. The fourth-order valence-electron chi connectivity index (χ4n) is 2.37. The number of rotatable bonds is 4. The van der Waals surface area contributed by atoms with Crippen LogP contribution in [0.5, 0.6) is 0 Å². The predicted octanol–water partition coefficient (Wildman–Crippen LogP) is 2.41. The molecule has 1 N–H and O–H groups in total. The van der Waals surface area contributed by atoms with E-state index < -0.39 is 0 Å². The van der Waals surface area contributed by atoms with Crippen LogP contribution in [0.3, 0.4) is 0 Å². The maximum atomic E-state index is 12.0. The van der Waals surface area contributed by atoms with Crippen molar-refractivity contribution in [3.63, 3.8) is 0 Å². The maximum Gasteiger partial charge on any atom is 0.238 e. The van der Waals surface area contributed by atoms with E-state index in [1.807, 2.05) is 24.3 Å². The monoisotopic (exact) mass is 339 g/mol. The van der Waals surface area contributed by atoms with Gasteiger partial charge in [0.15, 0.2) is 0 Å². The lowest BCUT2D eigenvalue weighted by atomic mass is 10.2. The van der Waals surface area contributed by atoms with Gasteiger partial charge in [0, 0.05) is 42.4 Å². The van der Waals surface area contributed by atoms with Gasteiger partial charge in [-0.2, -0.15) is 0 Å². The molecule has 4 nitrogen and oxygen atoms in total. The molecule has 0 aromatic heterocycles. The van der Waals surface area contributed by atoms with Crippen molar-refractivity contribution in [2.45, 2.75) is 19.9 Å². The Kier molecular flexibility index (Phi) is 5.57. The second-order valence-corrected chi connectivity index (χ2v) is 6.38. The molecule has 2 rings (SSSR count). The average molecular weight is 340 g/mol. The molecular formula is C15H22BrN3O. The molecule has 0 saturated carbocycles. The van der Waals surface area contributed by atoms with Crippen LogP contribution in [0, 0.1) is 0 Å². The second-order valence-electron chi connectivity index (χ2n) is 5.46. The van der Waals surface area contributed by atoms with Crippen molar-refractivity contribution in [2.24, 2.45) is 0 Å². The molecule has 0 radical (unpaired) electrons. The zero-order chi connectivity index (χ0) is 14.5. The topological polar surface area (TPSA) is 35.6 Å². The summed E-state index contributed by atoms with van der Waals surface area (Å²) in [4.78, 5) is 16.7. The molecule has 1 amide bonds. The standard InChI is InChI=1S/C15H22BrN3O/c1-12(2)19-9-7-18(8-10-19)11-15(20)17-14-5-3-13(16)4-6-14/h3-6,12H,7-11H2,1-2H3,(H,17,20). The molecule has 1 aromatic carbocycles. The smallest absolute Gasteiger partial charge is 0.238 e. The zero-order valence-corrected chi connectivity index (χ0v) is 13.7. The molecule has 5 heteroatoms. The SMILES string of the molecule is CC(C)N1CCN(CC(=O)Nc2ccc(Br)cc2)CC1. The van der Waals surface area contributed by atoms with Crippen molar-refractivity contribution in [3.8, 4) is 0 Å². The molecule has 0 unspecified atom stereocenters. The number of carbonyl (C=O) groups is 1. The van der Waals surface area contributed by atoms with Crippen molar-refractivity contribution < 1.29 is 4.79 Å². The lowest BCUT2D eigenvalue weighted by Crippen LogP contribution is -2.50. The molecule has 0 atom stereocenters. The summed E-state index contributed by atoms with van der Waals surface area (Å²) in [5, 5.41) is 2.94. The van der Waals surface area contributed by atoms with Crippen LogP contribution in [-0.4, -0.2) is 54.5 Å². The molecule has 110 valence electrons. The van der Waals surface area contributed by atoms with Crippen LogP contribution < -0.4 is 5.32 Å². The molecule has 20 heavy (non-hydrogen) atoms. The third kappa shape index (κ3) is 4.58. The number of halogens is 1. The molecule has 1 heterocycles. The molecule has 1 saturated heterocycles. The van der Waals surface area contributed by atoms with Crippen molar-refractivity contribution in [3.05, 3.63) is 28.7 Å². The Bertz CT molecular complexity index is 439. The van der Waals surface area contributed by atoms with Crippen molar-refractivity contribution in [2.75, 3.05) is 38.0 Å². The number of hydrogen-bond acceptors (Lipinski definition) is 3. The van der Waals surface area contributed by atoms with Gasteiger partial charge >= 0.3 is 0 Å². The molecule has 1 aliphatic heterocycles. The molecule has 0 spiro atoms. The van der Waals surface area contributed by atoms with E-state index in [4.69, 9.17) is 0 Å². The van der Waals surface area contributed by atoms with Gasteiger partial charge in [-0.1, -0.05) is 15.9 Å². The van der Waals surface area contributed by atoms with E-state index >= 15 is 0 Å². The number of hydrogen-bond donors (Lipinski definition) is 1. The van der Waals surface area contributed by atoms with E-state index in [-0.39, 0.29) is 5.91 Å². The van der Waals surface area contributed by atoms with E-state index in [2.05, 4.69) is 44.9 Å². The summed E-state index contributed by atoms with van der Waals surface area (Å²) < 4.78 is 1.01. The molecule has 0 aliphatic carbocycles. The summed E-state index contributed by atoms with van der Waals surface area (Å²) in [7, 11) is 0. The fraction of sp³-hybridized carbons (Fsp3) is 0.533. The number of amides is 1. The van der Waals surface area contributed by atoms with E-state index in [0.29, 0.717) is 12.6 Å². The fourth-order valence-corrected chi connectivity index (χ4v) is 2.64. The van der Waals surface area contributed by atoms with Crippen molar-refractivity contribution in [1.82, 2.24) is 9.80 Å². The van der Waals surface area contributed by atoms with E-state index in [1.54, 1.807) is 0 Å². The number of nitrogens with zero attached hydrogens (tertiary/aromatic N) is 2. The van der Waals surface area contributed by atoms with Gasteiger partial charge < -0.3 is 5.32 Å². The summed E-state index contributed by atoms with van der Waals surface area (Å²) in [5.41, 5.74) is 0.846. The Morgan fingerprint density at radius 3 is 2.35 bits per heavy atom. The molecule has 1 aliphatic rings. The van der Waals surface area contributed by atoms with Gasteiger partial charge in [0.2, 0.25) is 5.91 Å². The first-order chi connectivity index (χ1) is 9.54. The third-order valence-corrected chi connectivity index (χ3v) is 4.16. The van der Waals surface area contributed by atoms with Crippen LogP contribution >= 0.6 is 15.9 Å². The maximum absolute atomic E-state index is 12.0. The molecular weight excluding hydrogens is 318 g/mol. The van der Waals surface area contributed by atoms with Crippen LogP contribution in [0.15, 0.2) is 28.7 Å². The number of piperazine rings is 1. The Morgan fingerprint density at radius 2 is 1.80 bits per heavy atom. The Labute approximate surface area is 129 Å². The van der Waals surface area contributed by atoms with E-state index in [0.717, 1.165) is 36.3 Å². The van der Waals surface area contributed by atoms with Crippen LogP contribution in [0.2, 0.25) is 0 Å². The minimum Gasteiger partial charge on any atom is -0.325 e. The lowest BCUT2D eigenvalue weighted by molar-refractivity contribution is -0.117. The molecule has 1 aromatic rings. The molecule has 0 bridgehead atoms. The Hall–Kier alpha value is -0.910. The quantitative estimate of drug-likeness (QED) is 0.914. The minimum absolute atomic E-state index is 0.0605. The summed E-state index contributed by atoms with van der Waals surface area (Å²) in [6.07, 6.45) is 0. The summed E-state index contributed by atoms with van der Waals surface area (Å²) in [5.74, 6) is 0.0605. The molecule has 1 fully saturated rings. The van der Waals surface area contributed by atoms with Gasteiger partial charge in [0.05, 0.1) is 6.54 Å².